The van der Waals surface area contributed by atoms with Crippen LogP contribution in [0.4, 0.5) is 0 Å². The molecule has 4 nitrogen and oxygen atoms in total. The van der Waals surface area contributed by atoms with Crippen LogP contribution in [0.25, 0.3) is 0 Å². The fraction of sp³-hybridized carbons (Fsp3) is 0.588. The molecule has 1 aliphatic rings. The number of hydrogen-bond acceptors (Lipinski definition) is 3. The summed E-state index contributed by atoms with van der Waals surface area (Å²) >= 11 is 0. The summed E-state index contributed by atoms with van der Waals surface area (Å²) in [6, 6.07) is 8.06. The Morgan fingerprint density at radius 2 is 2.10 bits per heavy atom. The molecule has 0 aromatic heterocycles. The standard InChI is InChI=1S/C17H26N2O2/c1-3-12(4-2)16(20)11-19-17(21)15-10-18-9-13-7-5-6-8-14(13)15/h5-8,12,15-16,18,20H,3-4,9-11H2,1-2H3,(H,19,21). The second-order valence-electron chi connectivity index (χ2n) is 5.77. The Kier molecular flexibility index (Phi) is 5.76. The first-order chi connectivity index (χ1) is 10.2. The van der Waals surface area contributed by atoms with Gasteiger partial charge in [-0.3, -0.25) is 4.79 Å². The molecule has 0 bridgehead atoms. The molecule has 116 valence electrons. The minimum atomic E-state index is -0.462. The Labute approximate surface area is 126 Å². The predicted octanol–water partition coefficient (Wildman–Crippen LogP) is 1.79. The topological polar surface area (TPSA) is 61.4 Å². The van der Waals surface area contributed by atoms with Crippen molar-refractivity contribution in [2.45, 2.75) is 45.3 Å². The van der Waals surface area contributed by atoms with Crippen LogP contribution in [-0.4, -0.2) is 30.2 Å². The maximum absolute atomic E-state index is 12.4. The number of nitrogens with one attached hydrogen (secondary N) is 2. The van der Waals surface area contributed by atoms with E-state index in [1.807, 2.05) is 18.2 Å². The van der Waals surface area contributed by atoms with Crippen molar-refractivity contribution in [1.82, 2.24) is 10.6 Å². The van der Waals surface area contributed by atoms with Crippen LogP contribution in [0, 0.1) is 5.92 Å². The summed E-state index contributed by atoms with van der Waals surface area (Å²) in [5, 5.41) is 16.3. The van der Waals surface area contributed by atoms with Gasteiger partial charge in [0.25, 0.3) is 0 Å². The van der Waals surface area contributed by atoms with Gasteiger partial charge in [-0.25, -0.2) is 0 Å². The highest BCUT2D eigenvalue weighted by molar-refractivity contribution is 5.84. The van der Waals surface area contributed by atoms with Crippen LogP contribution in [0.2, 0.25) is 0 Å². The SMILES string of the molecule is CCC(CC)C(O)CNC(=O)C1CNCc2ccccc21. The third-order valence-corrected chi connectivity index (χ3v) is 4.49. The van der Waals surface area contributed by atoms with Gasteiger partial charge in [0.05, 0.1) is 12.0 Å². The van der Waals surface area contributed by atoms with E-state index in [1.165, 1.54) is 5.56 Å². The zero-order chi connectivity index (χ0) is 15.2. The molecule has 1 heterocycles. The zero-order valence-corrected chi connectivity index (χ0v) is 12.9. The smallest absolute Gasteiger partial charge is 0.228 e. The number of aliphatic hydroxyl groups excluding tert-OH is 1. The molecule has 1 amide bonds. The average Bonchev–Trinajstić information content (AvgIpc) is 2.53. The lowest BCUT2D eigenvalue weighted by Crippen LogP contribution is -2.42. The highest BCUT2D eigenvalue weighted by Crippen LogP contribution is 2.24. The molecule has 4 heteroatoms. The van der Waals surface area contributed by atoms with Gasteiger partial charge >= 0.3 is 0 Å². The molecule has 0 spiro atoms. The van der Waals surface area contributed by atoms with Crippen molar-refractivity contribution < 1.29 is 9.90 Å². The number of carbonyl (C=O) groups is 1. The maximum Gasteiger partial charge on any atom is 0.228 e. The normalized spacial score (nSPS) is 19.1. The van der Waals surface area contributed by atoms with Crippen molar-refractivity contribution in [3.8, 4) is 0 Å². The molecular weight excluding hydrogens is 264 g/mol. The molecule has 0 saturated heterocycles. The van der Waals surface area contributed by atoms with Crippen LogP contribution < -0.4 is 10.6 Å². The lowest BCUT2D eigenvalue weighted by atomic mass is 9.90. The van der Waals surface area contributed by atoms with E-state index in [-0.39, 0.29) is 17.7 Å². The monoisotopic (exact) mass is 290 g/mol. The molecule has 0 aliphatic carbocycles. The Hall–Kier alpha value is -1.39. The van der Waals surface area contributed by atoms with Gasteiger partial charge < -0.3 is 15.7 Å². The number of rotatable bonds is 6. The van der Waals surface area contributed by atoms with Crippen molar-refractivity contribution in [2.75, 3.05) is 13.1 Å². The first kappa shape index (κ1) is 16.0. The molecule has 0 fully saturated rings. The van der Waals surface area contributed by atoms with Gasteiger partial charge in [-0.05, 0) is 17.0 Å². The van der Waals surface area contributed by atoms with Crippen LogP contribution >= 0.6 is 0 Å². The summed E-state index contributed by atoms with van der Waals surface area (Å²) < 4.78 is 0. The van der Waals surface area contributed by atoms with E-state index in [4.69, 9.17) is 0 Å². The van der Waals surface area contributed by atoms with Crippen LogP contribution in [0.1, 0.15) is 43.7 Å². The molecule has 2 unspecified atom stereocenters. The van der Waals surface area contributed by atoms with Crippen molar-refractivity contribution in [3.05, 3.63) is 35.4 Å². The molecule has 1 aromatic carbocycles. The molecule has 1 aromatic rings. The molecule has 0 saturated carbocycles. The zero-order valence-electron chi connectivity index (χ0n) is 12.9. The Morgan fingerprint density at radius 3 is 2.81 bits per heavy atom. The van der Waals surface area contributed by atoms with Crippen LogP contribution in [0.5, 0.6) is 0 Å². The number of hydrogen-bond donors (Lipinski definition) is 3. The van der Waals surface area contributed by atoms with Gasteiger partial charge in [0.15, 0.2) is 0 Å². The lowest BCUT2D eigenvalue weighted by molar-refractivity contribution is -0.123. The van der Waals surface area contributed by atoms with E-state index in [1.54, 1.807) is 0 Å². The molecule has 3 N–H and O–H groups in total. The van der Waals surface area contributed by atoms with E-state index in [0.717, 1.165) is 24.9 Å². The number of amides is 1. The summed E-state index contributed by atoms with van der Waals surface area (Å²) in [4.78, 5) is 12.4. The van der Waals surface area contributed by atoms with Gasteiger partial charge in [-0.15, -0.1) is 0 Å². The Balaban J connectivity index is 1.96. The minimum Gasteiger partial charge on any atom is -0.391 e. The van der Waals surface area contributed by atoms with Gasteiger partial charge in [-0.2, -0.15) is 0 Å². The third kappa shape index (κ3) is 3.83. The Morgan fingerprint density at radius 1 is 1.38 bits per heavy atom. The molecule has 2 atom stereocenters. The fourth-order valence-corrected chi connectivity index (χ4v) is 3.06. The highest BCUT2D eigenvalue weighted by Gasteiger charge is 2.26. The summed E-state index contributed by atoms with van der Waals surface area (Å²) in [6.07, 6.45) is 1.40. The Bertz CT molecular complexity index is 472. The number of benzene rings is 1. The van der Waals surface area contributed by atoms with Crippen molar-refractivity contribution in [3.63, 3.8) is 0 Å². The summed E-state index contributed by atoms with van der Waals surface area (Å²) in [5.74, 6) is 0.0885. The van der Waals surface area contributed by atoms with Crippen LogP contribution in [-0.2, 0) is 11.3 Å². The second-order valence-corrected chi connectivity index (χ2v) is 5.77. The molecule has 1 aliphatic heterocycles. The van der Waals surface area contributed by atoms with Gasteiger partial charge in [0.2, 0.25) is 5.91 Å². The van der Waals surface area contributed by atoms with E-state index in [0.29, 0.717) is 13.1 Å². The fourth-order valence-electron chi connectivity index (χ4n) is 3.06. The van der Waals surface area contributed by atoms with E-state index in [2.05, 4.69) is 30.5 Å². The van der Waals surface area contributed by atoms with Crippen LogP contribution in [0.15, 0.2) is 24.3 Å². The van der Waals surface area contributed by atoms with Crippen LogP contribution in [0.3, 0.4) is 0 Å². The minimum absolute atomic E-state index is 0.000318. The first-order valence-corrected chi connectivity index (χ1v) is 7.91. The first-order valence-electron chi connectivity index (χ1n) is 7.91. The number of fused-ring (bicyclic) bond motifs is 1. The van der Waals surface area contributed by atoms with E-state index < -0.39 is 6.10 Å². The number of aliphatic hydroxyl groups is 1. The average molecular weight is 290 g/mol. The largest absolute Gasteiger partial charge is 0.391 e. The summed E-state index contributed by atoms with van der Waals surface area (Å²) in [6.45, 7) is 5.95. The van der Waals surface area contributed by atoms with E-state index >= 15 is 0 Å². The predicted molar refractivity (Wildman–Crippen MR) is 84.0 cm³/mol. The van der Waals surface area contributed by atoms with Gasteiger partial charge in [0.1, 0.15) is 0 Å². The second kappa shape index (κ2) is 7.57. The van der Waals surface area contributed by atoms with Gasteiger partial charge in [0, 0.05) is 19.6 Å². The molecular formula is C17H26N2O2. The number of carbonyl (C=O) groups excluding carboxylic acids is 1. The maximum atomic E-state index is 12.4. The summed E-state index contributed by atoms with van der Waals surface area (Å²) in [5.41, 5.74) is 2.29. The van der Waals surface area contributed by atoms with Gasteiger partial charge in [-0.1, -0.05) is 51.0 Å². The van der Waals surface area contributed by atoms with Crippen molar-refractivity contribution in [2.24, 2.45) is 5.92 Å². The molecule has 0 radical (unpaired) electrons. The quantitative estimate of drug-likeness (QED) is 0.748. The van der Waals surface area contributed by atoms with Crippen molar-refractivity contribution >= 4 is 5.91 Å². The third-order valence-electron chi connectivity index (χ3n) is 4.49. The summed E-state index contributed by atoms with van der Waals surface area (Å²) in [7, 11) is 0. The van der Waals surface area contributed by atoms with E-state index in [9.17, 15) is 9.90 Å². The lowest BCUT2D eigenvalue weighted by Gasteiger charge is -2.27. The molecule has 2 rings (SSSR count). The molecule has 21 heavy (non-hydrogen) atoms. The highest BCUT2D eigenvalue weighted by atomic mass is 16.3. The van der Waals surface area contributed by atoms with Crippen molar-refractivity contribution in [1.29, 1.82) is 0 Å².